The van der Waals surface area contributed by atoms with Crippen LogP contribution < -0.4 is 10.4 Å². The molecule has 0 spiro atoms. The Hall–Kier alpha value is -2.29. The highest BCUT2D eigenvalue weighted by molar-refractivity contribution is 6.08. The molecule has 120 valence electrons. The van der Waals surface area contributed by atoms with Gasteiger partial charge in [0.25, 0.3) is 0 Å². The maximum absolute atomic E-state index is 12.3. The van der Waals surface area contributed by atoms with Gasteiger partial charge in [0.1, 0.15) is 11.3 Å². The van der Waals surface area contributed by atoms with Crippen molar-refractivity contribution >= 4 is 21.7 Å². The van der Waals surface area contributed by atoms with Crippen molar-refractivity contribution in [2.75, 3.05) is 7.11 Å². The van der Waals surface area contributed by atoms with Crippen molar-refractivity contribution < 1.29 is 9.15 Å². The third-order valence-corrected chi connectivity index (χ3v) is 4.28. The van der Waals surface area contributed by atoms with Crippen LogP contribution in [0.3, 0.4) is 0 Å². The van der Waals surface area contributed by atoms with Gasteiger partial charge in [0.05, 0.1) is 17.9 Å². The standard InChI is InChI=1S/C20H22O3/c1-4-5-6-7-14-11-17(22-3)19-16-10-13(2)8-9-15(16)20(21)23-18(19)12-14/h8-12H,4-7H2,1-3H3. The zero-order valence-electron chi connectivity index (χ0n) is 13.9. The van der Waals surface area contributed by atoms with Gasteiger partial charge in [-0.15, -0.1) is 0 Å². The van der Waals surface area contributed by atoms with E-state index >= 15 is 0 Å². The third-order valence-electron chi connectivity index (χ3n) is 4.28. The van der Waals surface area contributed by atoms with Crippen LogP contribution in [0.5, 0.6) is 5.75 Å². The first kappa shape index (κ1) is 15.6. The summed E-state index contributed by atoms with van der Waals surface area (Å²) in [5.74, 6) is 0.772. The second kappa shape index (κ2) is 6.45. The van der Waals surface area contributed by atoms with Crippen molar-refractivity contribution in [2.24, 2.45) is 0 Å². The van der Waals surface area contributed by atoms with Crippen LogP contribution in [-0.4, -0.2) is 7.11 Å². The lowest BCUT2D eigenvalue weighted by Gasteiger charge is -2.11. The highest BCUT2D eigenvalue weighted by Crippen LogP contribution is 2.33. The van der Waals surface area contributed by atoms with Crippen LogP contribution >= 0.6 is 0 Å². The van der Waals surface area contributed by atoms with Crippen molar-refractivity contribution in [2.45, 2.75) is 39.5 Å². The Bertz CT molecular complexity index is 906. The summed E-state index contributed by atoms with van der Waals surface area (Å²) in [4.78, 5) is 12.3. The van der Waals surface area contributed by atoms with Gasteiger partial charge >= 0.3 is 5.63 Å². The molecule has 3 nitrogen and oxygen atoms in total. The van der Waals surface area contributed by atoms with E-state index in [-0.39, 0.29) is 5.63 Å². The molecule has 3 heteroatoms. The number of hydrogen-bond acceptors (Lipinski definition) is 3. The van der Waals surface area contributed by atoms with Crippen molar-refractivity contribution in [3.05, 3.63) is 51.9 Å². The molecule has 0 aliphatic rings. The van der Waals surface area contributed by atoms with Gasteiger partial charge in [0.2, 0.25) is 0 Å². The Labute approximate surface area is 135 Å². The van der Waals surface area contributed by atoms with Crippen LogP contribution in [0.4, 0.5) is 0 Å². The first-order valence-electron chi connectivity index (χ1n) is 8.18. The zero-order valence-corrected chi connectivity index (χ0v) is 13.9. The van der Waals surface area contributed by atoms with Crippen molar-refractivity contribution in [3.63, 3.8) is 0 Å². The Morgan fingerprint density at radius 3 is 2.65 bits per heavy atom. The Balaban J connectivity index is 2.26. The van der Waals surface area contributed by atoms with Gasteiger partial charge in [-0.25, -0.2) is 4.79 Å². The summed E-state index contributed by atoms with van der Waals surface area (Å²) in [5.41, 5.74) is 2.58. The van der Waals surface area contributed by atoms with Crippen LogP contribution in [0, 0.1) is 6.92 Å². The minimum atomic E-state index is -0.291. The normalized spacial score (nSPS) is 11.3. The summed E-state index contributed by atoms with van der Waals surface area (Å²) in [6, 6.07) is 9.82. The van der Waals surface area contributed by atoms with Crippen LogP contribution in [0.2, 0.25) is 0 Å². The summed E-state index contributed by atoms with van der Waals surface area (Å²) in [6.45, 7) is 4.21. The van der Waals surface area contributed by atoms with E-state index in [1.807, 2.05) is 31.2 Å². The summed E-state index contributed by atoms with van der Waals surface area (Å²) in [7, 11) is 1.66. The molecule has 0 fully saturated rings. The highest BCUT2D eigenvalue weighted by Gasteiger charge is 2.13. The van der Waals surface area contributed by atoms with Crippen molar-refractivity contribution in [1.29, 1.82) is 0 Å². The van der Waals surface area contributed by atoms with E-state index in [1.54, 1.807) is 7.11 Å². The number of hydrogen-bond donors (Lipinski definition) is 0. The Kier molecular flexibility index (Phi) is 4.37. The topological polar surface area (TPSA) is 39.4 Å². The van der Waals surface area contributed by atoms with Crippen LogP contribution in [0.15, 0.2) is 39.5 Å². The first-order chi connectivity index (χ1) is 11.1. The van der Waals surface area contributed by atoms with E-state index in [4.69, 9.17) is 9.15 Å². The van der Waals surface area contributed by atoms with Crippen molar-refractivity contribution in [3.8, 4) is 5.75 Å². The number of benzene rings is 2. The Morgan fingerprint density at radius 2 is 1.91 bits per heavy atom. The van der Waals surface area contributed by atoms with E-state index in [0.29, 0.717) is 11.0 Å². The molecule has 0 aliphatic carbocycles. The van der Waals surface area contributed by atoms with E-state index in [9.17, 15) is 4.79 Å². The average molecular weight is 310 g/mol. The number of ether oxygens (including phenoxy) is 1. The predicted octanol–water partition coefficient (Wildman–Crippen LogP) is 5.00. The van der Waals surface area contributed by atoms with E-state index in [1.165, 1.54) is 12.8 Å². The molecule has 0 unspecified atom stereocenters. The minimum absolute atomic E-state index is 0.291. The number of aryl methyl sites for hydroxylation is 2. The van der Waals surface area contributed by atoms with Gasteiger partial charge in [-0.1, -0.05) is 37.5 Å². The molecule has 3 rings (SSSR count). The molecule has 0 N–H and O–H groups in total. The van der Waals surface area contributed by atoms with Crippen LogP contribution in [0.1, 0.15) is 37.3 Å². The molecule has 0 bridgehead atoms. The lowest BCUT2D eigenvalue weighted by atomic mass is 10.0. The predicted molar refractivity (Wildman–Crippen MR) is 94.5 cm³/mol. The average Bonchev–Trinajstić information content (AvgIpc) is 2.54. The SMILES string of the molecule is CCCCCc1cc(OC)c2c(c1)oc(=O)c1ccc(C)cc12. The zero-order chi connectivity index (χ0) is 16.4. The van der Waals surface area contributed by atoms with Gasteiger partial charge in [-0.2, -0.15) is 0 Å². The molecule has 1 heterocycles. The molecular formula is C20H22O3. The number of unbranched alkanes of at least 4 members (excludes halogenated alkanes) is 2. The first-order valence-corrected chi connectivity index (χ1v) is 8.18. The van der Waals surface area contributed by atoms with Gasteiger partial charge in [0, 0.05) is 5.39 Å². The fourth-order valence-electron chi connectivity index (χ4n) is 3.07. The van der Waals surface area contributed by atoms with E-state index < -0.39 is 0 Å². The maximum Gasteiger partial charge on any atom is 0.344 e. The van der Waals surface area contributed by atoms with E-state index in [0.717, 1.165) is 40.5 Å². The Morgan fingerprint density at radius 1 is 1.09 bits per heavy atom. The fourth-order valence-corrected chi connectivity index (χ4v) is 3.07. The van der Waals surface area contributed by atoms with Gasteiger partial charge < -0.3 is 9.15 Å². The van der Waals surface area contributed by atoms with Gasteiger partial charge in [-0.3, -0.25) is 0 Å². The maximum atomic E-state index is 12.3. The monoisotopic (exact) mass is 310 g/mol. The second-order valence-electron chi connectivity index (χ2n) is 6.07. The summed E-state index contributed by atoms with van der Waals surface area (Å²) >= 11 is 0. The molecule has 0 saturated carbocycles. The lowest BCUT2D eigenvalue weighted by molar-refractivity contribution is 0.418. The third kappa shape index (κ3) is 2.96. The lowest BCUT2D eigenvalue weighted by Crippen LogP contribution is -2.01. The fraction of sp³-hybridized carbons (Fsp3) is 0.350. The molecule has 0 atom stereocenters. The quantitative estimate of drug-likeness (QED) is 0.378. The van der Waals surface area contributed by atoms with Gasteiger partial charge in [-0.05, 0) is 43.5 Å². The van der Waals surface area contributed by atoms with Gasteiger partial charge in [0.15, 0.2) is 0 Å². The molecule has 0 saturated heterocycles. The smallest absolute Gasteiger partial charge is 0.344 e. The molecule has 3 aromatic rings. The van der Waals surface area contributed by atoms with E-state index in [2.05, 4.69) is 13.0 Å². The molecule has 0 amide bonds. The summed E-state index contributed by atoms with van der Waals surface area (Å²) < 4.78 is 11.2. The summed E-state index contributed by atoms with van der Waals surface area (Å²) in [6.07, 6.45) is 4.47. The number of methoxy groups -OCH3 is 1. The minimum Gasteiger partial charge on any atom is -0.496 e. The van der Waals surface area contributed by atoms with Crippen molar-refractivity contribution in [1.82, 2.24) is 0 Å². The number of rotatable bonds is 5. The second-order valence-corrected chi connectivity index (χ2v) is 6.07. The van der Waals surface area contributed by atoms with Crippen LogP contribution in [0.25, 0.3) is 21.7 Å². The molecular weight excluding hydrogens is 288 g/mol. The molecule has 23 heavy (non-hydrogen) atoms. The largest absolute Gasteiger partial charge is 0.496 e. The van der Waals surface area contributed by atoms with Crippen LogP contribution in [-0.2, 0) is 6.42 Å². The molecule has 0 aliphatic heterocycles. The molecule has 0 radical (unpaired) electrons. The number of fused-ring (bicyclic) bond motifs is 3. The summed E-state index contributed by atoms with van der Waals surface area (Å²) in [5, 5.41) is 2.37. The molecule has 1 aromatic heterocycles. The molecule has 2 aromatic carbocycles. The highest BCUT2D eigenvalue weighted by atomic mass is 16.5.